The summed E-state index contributed by atoms with van der Waals surface area (Å²) in [5.41, 5.74) is 3.53. The summed E-state index contributed by atoms with van der Waals surface area (Å²) in [5, 5.41) is 1.63. The van der Waals surface area contributed by atoms with Crippen molar-refractivity contribution < 1.29 is 13.2 Å². The highest BCUT2D eigenvalue weighted by molar-refractivity contribution is 7.90. The first-order chi connectivity index (χ1) is 15.3. The second-order valence-electron chi connectivity index (χ2n) is 9.05. The highest BCUT2D eigenvalue weighted by Gasteiger charge is 2.52. The van der Waals surface area contributed by atoms with E-state index in [9.17, 15) is 13.2 Å². The SMILES string of the molecule is CS(=O)(=O)CCCn1c(CN2C(=O)C3(CCCC3)c3ccncc32)cc2cc(Cl)ccc21. The van der Waals surface area contributed by atoms with Gasteiger partial charge in [-0.25, -0.2) is 8.42 Å². The highest BCUT2D eigenvalue weighted by Crippen LogP contribution is 2.51. The Morgan fingerprint density at radius 3 is 2.69 bits per heavy atom. The van der Waals surface area contributed by atoms with Crippen molar-refractivity contribution in [1.82, 2.24) is 9.55 Å². The first kappa shape index (κ1) is 21.5. The van der Waals surface area contributed by atoms with Crippen molar-refractivity contribution in [1.29, 1.82) is 0 Å². The molecule has 8 heteroatoms. The molecule has 3 heterocycles. The lowest BCUT2D eigenvalue weighted by Crippen LogP contribution is -2.38. The Morgan fingerprint density at radius 1 is 1.16 bits per heavy atom. The monoisotopic (exact) mass is 471 g/mol. The van der Waals surface area contributed by atoms with E-state index >= 15 is 0 Å². The Kier molecular flexibility index (Phi) is 5.29. The lowest BCUT2D eigenvalue weighted by Gasteiger charge is -2.24. The van der Waals surface area contributed by atoms with Gasteiger partial charge in [0.2, 0.25) is 5.91 Å². The number of fused-ring (bicyclic) bond motifs is 3. The standard InChI is InChI=1S/C24H26ClN3O3S/c1-32(30,31)12-4-11-27-19(14-17-13-18(25)5-6-21(17)27)16-28-22-15-26-10-7-20(22)24(23(28)29)8-2-3-9-24/h5-7,10,13-15H,2-4,8-9,11-12,16H2,1H3. The van der Waals surface area contributed by atoms with Gasteiger partial charge in [-0.2, -0.15) is 0 Å². The third-order valence-corrected chi connectivity index (χ3v) is 8.15. The highest BCUT2D eigenvalue weighted by atomic mass is 35.5. The molecular weight excluding hydrogens is 446 g/mol. The van der Waals surface area contributed by atoms with Crippen LogP contribution in [-0.4, -0.2) is 35.9 Å². The normalized spacial score (nSPS) is 17.6. The average Bonchev–Trinajstić information content (AvgIpc) is 3.41. The van der Waals surface area contributed by atoms with Gasteiger partial charge >= 0.3 is 0 Å². The van der Waals surface area contributed by atoms with Crippen LogP contribution < -0.4 is 4.90 Å². The van der Waals surface area contributed by atoms with Gasteiger partial charge in [-0.05, 0) is 55.2 Å². The fourth-order valence-electron chi connectivity index (χ4n) is 5.45. The van der Waals surface area contributed by atoms with Gasteiger partial charge in [0.1, 0.15) is 9.84 Å². The van der Waals surface area contributed by atoms with Crippen molar-refractivity contribution in [3.63, 3.8) is 0 Å². The molecule has 1 spiro atoms. The van der Waals surface area contributed by atoms with E-state index in [2.05, 4.69) is 15.6 Å². The maximum atomic E-state index is 13.7. The summed E-state index contributed by atoms with van der Waals surface area (Å²) >= 11 is 6.23. The molecular formula is C24H26ClN3O3S. The molecule has 5 rings (SSSR count). The van der Waals surface area contributed by atoms with Gasteiger partial charge in [0.25, 0.3) is 0 Å². The zero-order chi connectivity index (χ0) is 22.5. The van der Waals surface area contributed by atoms with E-state index in [4.69, 9.17) is 11.6 Å². The van der Waals surface area contributed by atoms with Gasteiger partial charge in [-0.3, -0.25) is 9.78 Å². The summed E-state index contributed by atoms with van der Waals surface area (Å²) in [6.45, 7) is 0.977. The van der Waals surface area contributed by atoms with Crippen molar-refractivity contribution >= 4 is 43.9 Å². The van der Waals surface area contributed by atoms with Crippen molar-refractivity contribution in [2.75, 3.05) is 16.9 Å². The van der Waals surface area contributed by atoms with Crippen LogP contribution >= 0.6 is 11.6 Å². The van der Waals surface area contributed by atoms with E-state index in [0.717, 1.165) is 53.5 Å². The van der Waals surface area contributed by atoms with Gasteiger partial charge in [0.05, 0.1) is 29.6 Å². The smallest absolute Gasteiger partial charge is 0.238 e. The molecule has 0 saturated heterocycles. The minimum atomic E-state index is -3.04. The van der Waals surface area contributed by atoms with Crippen molar-refractivity contribution in [3.8, 4) is 0 Å². The van der Waals surface area contributed by atoms with Gasteiger partial charge in [-0.15, -0.1) is 0 Å². The third-order valence-electron chi connectivity index (χ3n) is 6.88. The van der Waals surface area contributed by atoms with E-state index in [-0.39, 0.29) is 11.7 Å². The zero-order valence-corrected chi connectivity index (χ0v) is 19.6. The molecule has 3 aromatic rings. The number of hydrogen-bond acceptors (Lipinski definition) is 4. The van der Waals surface area contributed by atoms with Crippen LogP contribution in [0.1, 0.15) is 43.4 Å². The Labute approximate surface area is 193 Å². The molecule has 1 saturated carbocycles. The van der Waals surface area contributed by atoms with E-state index < -0.39 is 15.3 Å². The van der Waals surface area contributed by atoms with E-state index in [0.29, 0.717) is 24.5 Å². The van der Waals surface area contributed by atoms with Gasteiger partial charge in [-0.1, -0.05) is 24.4 Å². The summed E-state index contributed by atoms with van der Waals surface area (Å²) in [6, 6.07) is 9.77. The Balaban J connectivity index is 1.54. The summed E-state index contributed by atoms with van der Waals surface area (Å²) in [4.78, 5) is 19.9. The van der Waals surface area contributed by atoms with Crippen LogP contribution in [0.3, 0.4) is 0 Å². The number of aryl methyl sites for hydroxylation is 1. The van der Waals surface area contributed by atoms with Crippen LogP contribution in [-0.2, 0) is 33.1 Å². The van der Waals surface area contributed by atoms with E-state index in [1.54, 1.807) is 12.4 Å². The van der Waals surface area contributed by atoms with E-state index in [1.807, 2.05) is 29.2 Å². The van der Waals surface area contributed by atoms with Crippen molar-refractivity contribution in [2.45, 2.75) is 50.6 Å². The number of carbonyl (C=O) groups excluding carboxylic acids is 1. The number of benzene rings is 1. The molecule has 2 aliphatic rings. The molecule has 1 aromatic carbocycles. The molecule has 6 nitrogen and oxygen atoms in total. The first-order valence-corrected chi connectivity index (χ1v) is 13.4. The van der Waals surface area contributed by atoms with Crippen LogP contribution in [0.2, 0.25) is 5.02 Å². The van der Waals surface area contributed by atoms with Crippen molar-refractivity contribution in [2.24, 2.45) is 0 Å². The summed E-state index contributed by atoms with van der Waals surface area (Å²) in [5.74, 6) is 0.280. The van der Waals surface area contributed by atoms with Crippen LogP contribution in [0.25, 0.3) is 10.9 Å². The Hall–Kier alpha value is -2.38. The molecule has 0 unspecified atom stereocenters. The zero-order valence-electron chi connectivity index (χ0n) is 18.1. The number of aromatic nitrogens is 2. The number of anilines is 1. The number of carbonyl (C=O) groups is 1. The van der Waals surface area contributed by atoms with Gasteiger partial charge in [0, 0.05) is 40.6 Å². The van der Waals surface area contributed by atoms with Gasteiger partial charge in [0.15, 0.2) is 0 Å². The molecule has 0 atom stereocenters. The molecule has 1 amide bonds. The first-order valence-electron chi connectivity index (χ1n) is 11.0. The number of nitrogens with zero attached hydrogens (tertiary/aromatic N) is 3. The number of pyridine rings is 1. The topological polar surface area (TPSA) is 72.3 Å². The third kappa shape index (κ3) is 3.61. The van der Waals surface area contributed by atoms with Crippen molar-refractivity contribution in [3.05, 3.63) is 59.0 Å². The number of hydrogen-bond donors (Lipinski definition) is 0. The maximum Gasteiger partial charge on any atom is 0.238 e. The van der Waals surface area contributed by atoms with E-state index in [1.165, 1.54) is 6.26 Å². The quantitative estimate of drug-likeness (QED) is 0.531. The molecule has 0 radical (unpaired) electrons. The van der Waals surface area contributed by atoms with Crippen LogP contribution in [0, 0.1) is 0 Å². The maximum absolute atomic E-state index is 13.7. The molecule has 2 aromatic heterocycles. The molecule has 1 aliphatic carbocycles. The van der Waals surface area contributed by atoms with Crippen LogP contribution in [0.15, 0.2) is 42.7 Å². The van der Waals surface area contributed by atoms with Crippen LogP contribution in [0.4, 0.5) is 5.69 Å². The number of halogens is 1. The second kappa shape index (κ2) is 7.89. The number of sulfone groups is 1. The minimum Gasteiger partial charge on any atom is -0.343 e. The minimum absolute atomic E-state index is 0.123. The Bertz CT molecular complexity index is 1310. The molecule has 1 aliphatic heterocycles. The average molecular weight is 472 g/mol. The molecule has 0 N–H and O–H groups in total. The molecule has 168 valence electrons. The predicted octanol–water partition coefficient (Wildman–Crippen LogP) is 4.48. The number of amides is 1. The fourth-order valence-corrected chi connectivity index (χ4v) is 6.28. The molecule has 1 fully saturated rings. The molecule has 32 heavy (non-hydrogen) atoms. The molecule has 0 bridgehead atoms. The number of rotatable bonds is 6. The summed E-state index contributed by atoms with van der Waals surface area (Å²) < 4.78 is 25.5. The second-order valence-corrected chi connectivity index (χ2v) is 11.7. The fraction of sp³-hybridized carbons (Fsp3) is 0.417. The van der Waals surface area contributed by atoms with Gasteiger partial charge < -0.3 is 9.47 Å². The predicted molar refractivity (Wildman–Crippen MR) is 127 cm³/mol. The largest absolute Gasteiger partial charge is 0.343 e. The summed E-state index contributed by atoms with van der Waals surface area (Å²) in [6.07, 6.45) is 9.23. The summed E-state index contributed by atoms with van der Waals surface area (Å²) in [7, 11) is -3.04. The Morgan fingerprint density at radius 2 is 1.94 bits per heavy atom. The lowest BCUT2D eigenvalue weighted by molar-refractivity contribution is -0.123. The van der Waals surface area contributed by atoms with Crippen LogP contribution in [0.5, 0.6) is 0 Å². The lowest BCUT2D eigenvalue weighted by atomic mass is 9.80.